The highest BCUT2D eigenvalue weighted by atomic mass is 16.5. The van der Waals surface area contributed by atoms with Crippen LogP contribution in [0.1, 0.15) is 29.3 Å². The van der Waals surface area contributed by atoms with Crippen LogP contribution in [0.2, 0.25) is 0 Å². The third kappa shape index (κ3) is 3.28. The van der Waals surface area contributed by atoms with Gasteiger partial charge in [0.05, 0.1) is 36.0 Å². The summed E-state index contributed by atoms with van der Waals surface area (Å²) in [5.41, 5.74) is 3.77. The number of ether oxygens (including phenoxy) is 1. The molecule has 0 radical (unpaired) electrons. The average Bonchev–Trinajstić information content (AvgIpc) is 2.75. The van der Waals surface area contributed by atoms with Crippen molar-refractivity contribution >= 4 is 21.7 Å². The Labute approximate surface area is 173 Å². The van der Waals surface area contributed by atoms with Crippen LogP contribution in [0.15, 0.2) is 59.8 Å². The lowest BCUT2D eigenvalue weighted by Gasteiger charge is -2.29. The molecule has 6 nitrogen and oxygen atoms in total. The number of pyridine rings is 1. The third-order valence-corrected chi connectivity index (χ3v) is 5.88. The molecule has 5 rings (SSSR count). The maximum absolute atomic E-state index is 13.4. The molecule has 1 N–H and O–H groups in total. The van der Waals surface area contributed by atoms with Gasteiger partial charge in [-0.15, -0.1) is 0 Å². The van der Waals surface area contributed by atoms with E-state index in [-0.39, 0.29) is 18.2 Å². The topological polar surface area (TPSA) is 77.2 Å². The quantitative estimate of drug-likeness (QED) is 0.534. The van der Waals surface area contributed by atoms with Crippen LogP contribution in [0.3, 0.4) is 0 Å². The van der Waals surface area contributed by atoms with Crippen LogP contribution >= 0.6 is 0 Å². The zero-order valence-electron chi connectivity index (χ0n) is 16.8. The Hall–Kier alpha value is -3.09. The van der Waals surface area contributed by atoms with Crippen molar-refractivity contribution in [3.8, 4) is 0 Å². The van der Waals surface area contributed by atoms with E-state index in [1.54, 1.807) is 10.9 Å². The minimum absolute atomic E-state index is 0.121. The number of rotatable bonds is 3. The van der Waals surface area contributed by atoms with Crippen LogP contribution in [-0.2, 0) is 11.2 Å². The first-order valence-corrected chi connectivity index (χ1v) is 10.2. The largest absolute Gasteiger partial charge is 0.389 e. The Morgan fingerprint density at radius 2 is 1.97 bits per heavy atom. The second-order valence-electron chi connectivity index (χ2n) is 7.91. The van der Waals surface area contributed by atoms with Gasteiger partial charge in [0.15, 0.2) is 0 Å². The van der Waals surface area contributed by atoms with E-state index in [1.165, 1.54) is 0 Å². The van der Waals surface area contributed by atoms with Gasteiger partial charge < -0.3 is 9.84 Å². The molecule has 1 aliphatic rings. The van der Waals surface area contributed by atoms with Gasteiger partial charge in [-0.3, -0.25) is 14.3 Å². The molecule has 4 aromatic rings. The molecule has 1 saturated heterocycles. The first-order chi connectivity index (χ1) is 14.6. The van der Waals surface area contributed by atoms with Crippen LogP contribution in [0, 0.1) is 6.92 Å². The molecule has 0 unspecified atom stereocenters. The molecule has 0 aliphatic carbocycles. The highest BCUT2D eigenvalue weighted by Gasteiger charge is 2.27. The predicted octanol–water partition coefficient (Wildman–Crippen LogP) is 3.17. The number of hydrogen-bond acceptors (Lipinski definition) is 5. The molecule has 2 atom stereocenters. The number of aromatic nitrogens is 3. The summed E-state index contributed by atoms with van der Waals surface area (Å²) in [5, 5.41) is 13.0. The molecule has 2 aromatic heterocycles. The van der Waals surface area contributed by atoms with Gasteiger partial charge in [-0.05, 0) is 54.5 Å². The highest BCUT2D eigenvalue weighted by Crippen LogP contribution is 2.28. The Balaban J connectivity index is 1.71. The van der Waals surface area contributed by atoms with Crippen LogP contribution < -0.4 is 5.56 Å². The number of fused-ring (bicyclic) bond motifs is 3. The number of aliphatic hydroxyl groups is 1. The van der Waals surface area contributed by atoms with Crippen molar-refractivity contribution in [1.82, 2.24) is 14.5 Å². The fourth-order valence-corrected chi connectivity index (χ4v) is 4.40. The van der Waals surface area contributed by atoms with Crippen LogP contribution in [-0.4, -0.2) is 39.0 Å². The molecule has 6 heteroatoms. The minimum Gasteiger partial charge on any atom is -0.389 e. The molecule has 3 heterocycles. The fraction of sp³-hybridized carbons (Fsp3) is 0.292. The third-order valence-electron chi connectivity index (χ3n) is 5.88. The second-order valence-corrected chi connectivity index (χ2v) is 7.91. The Bertz CT molecular complexity index is 1300. The monoisotopic (exact) mass is 401 g/mol. The number of aliphatic hydroxyl groups excluding tert-OH is 1. The molecule has 0 amide bonds. The first kappa shape index (κ1) is 18.9. The van der Waals surface area contributed by atoms with Crippen LogP contribution in [0.25, 0.3) is 21.7 Å². The lowest BCUT2D eigenvalue weighted by atomic mass is 9.96. The van der Waals surface area contributed by atoms with E-state index < -0.39 is 6.10 Å². The van der Waals surface area contributed by atoms with Gasteiger partial charge in [-0.1, -0.05) is 24.3 Å². The van der Waals surface area contributed by atoms with E-state index in [0.29, 0.717) is 30.4 Å². The van der Waals surface area contributed by atoms with Crippen molar-refractivity contribution in [1.29, 1.82) is 0 Å². The maximum atomic E-state index is 13.4. The van der Waals surface area contributed by atoms with E-state index >= 15 is 0 Å². The van der Waals surface area contributed by atoms with E-state index in [0.717, 1.165) is 27.6 Å². The molecule has 0 spiro atoms. The van der Waals surface area contributed by atoms with E-state index in [1.807, 2.05) is 43.5 Å². The SMILES string of the molecule is Cc1cc(Cc2cc3c(=O)n([C@H]4CCOC[C@@H]4O)cnc3c3ccccc23)ccn1. The number of aryl methyl sites for hydroxylation is 1. The summed E-state index contributed by atoms with van der Waals surface area (Å²) in [6.07, 6.45) is 3.96. The molecule has 2 aromatic carbocycles. The van der Waals surface area contributed by atoms with Crippen LogP contribution in [0.5, 0.6) is 0 Å². The van der Waals surface area contributed by atoms with Crippen LogP contribution in [0.4, 0.5) is 0 Å². The van der Waals surface area contributed by atoms with Crippen molar-refractivity contribution < 1.29 is 9.84 Å². The summed E-state index contributed by atoms with van der Waals surface area (Å²) in [6, 6.07) is 13.8. The summed E-state index contributed by atoms with van der Waals surface area (Å²) in [4.78, 5) is 22.4. The molecule has 1 fully saturated rings. The number of nitrogens with zero attached hydrogens (tertiary/aromatic N) is 3. The zero-order chi connectivity index (χ0) is 20.7. The molecule has 1 aliphatic heterocycles. The molecule has 152 valence electrons. The number of benzene rings is 2. The zero-order valence-corrected chi connectivity index (χ0v) is 16.8. The van der Waals surface area contributed by atoms with Gasteiger partial charge in [0.2, 0.25) is 0 Å². The first-order valence-electron chi connectivity index (χ1n) is 10.2. The van der Waals surface area contributed by atoms with Crippen molar-refractivity contribution in [2.45, 2.75) is 31.9 Å². The van der Waals surface area contributed by atoms with Gasteiger partial charge >= 0.3 is 0 Å². The summed E-state index contributed by atoms with van der Waals surface area (Å²) >= 11 is 0. The molecular weight excluding hydrogens is 378 g/mol. The Morgan fingerprint density at radius 3 is 2.77 bits per heavy atom. The Morgan fingerprint density at radius 1 is 1.13 bits per heavy atom. The van der Waals surface area contributed by atoms with Gasteiger partial charge in [0, 0.05) is 23.9 Å². The van der Waals surface area contributed by atoms with E-state index in [2.05, 4.69) is 22.1 Å². The van der Waals surface area contributed by atoms with E-state index in [4.69, 9.17) is 4.74 Å². The molecular formula is C24H23N3O3. The van der Waals surface area contributed by atoms with Crippen molar-refractivity contribution in [2.75, 3.05) is 13.2 Å². The van der Waals surface area contributed by atoms with Crippen molar-refractivity contribution in [3.05, 3.63) is 82.2 Å². The van der Waals surface area contributed by atoms with E-state index in [9.17, 15) is 9.90 Å². The molecule has 0 saturated carbocycles. The summed E-state index contributed by atoms with van der Waals surface area (Å²) in [6.45, 7) is 2.74. The molecule has 30 heavy (non-hydrogen) atoms. The summed E-state index contributed by atoms with van der Waals surface area (Å²) in [5.74, 6) is 0. The van der Waals surface area contributed by atoms with Gasteiger partial charge in [-0.25, -0.2) is 4.98 Å². The normalized spacial score (nSPS) is 19.4. The smallest absolute Gasteiger partial charge is 0.261 e. The Kier molecular flexibility index (Phi) is 4.81. The predicted molar refractivity (Wildman–Crippen MR) is 116 cm³/mol. The highest BCUT2D eigenvalue weighted by molar-refractivity contribution is 6.06. The lowest BCUT2D eigenvalue weighted by molar-refractivity contribution is -0.0395. The number of hydrogen-bond donors (Lipinski definition) is 1. The summed E-state index contributed by atoms with van der Waals surface area (Å²) < 4.78 is 6.90. The summed E-state index contributed by atoms with van der Waals surface area (Å²) in [7, 11) is 0. The average molecular weight is 401 g/mol. The van der Waals surface area contributed by atoms with Gasteiger partial charge in [0.1, 0.15) is 0 Å². The second kappa shape index (κ2) is 7.63. The fourth-order valence-electron chi connectivity index (χ4n) is 4.40. The van der Waals surface area contributed by atoms with Gasteiger partial charge in [0.25, 0.3) is 5.56 Å². The standard InChI is InChI=1S/C24H23N3O3/c1-15-10-16(6-8-25-15)11-17-12-20-23(19-5-3-2-4-18(17)19)26-14-27(24(20)29)21-7-9-30-13-22(21)28/h2-6,8,10,12,14,21-22,28H,7,9,11,13H2,1H3/t21-,22-/m0/s1. The minimum atomic E-state index is -0.713. The van der Waals surface area contributed by atoms with Crippen molar-refractivity contribution in [2.24, 2.45) is 0 Å². The molecule has 0 bridgehead atoms. The van der Waals surface area contributed by atoms with Crippen molar-refractivity contribution in [3.63, 3.8) is 0 Å². The maximum Gasteiger partial charge on any atom is 0.261 e. The lowest BCUT2D eigenvalue weighted by Crippen LogP contribution is -2.39. The van der Waals surface area contributed by atoms with Gasteiger partial charge in [-0.2, -0.15) is 0 Å².